The van der Waals surface area contributed by atoms with Crippen LogP contribution in [-0.4, -0.2) is 50.5 Å². The molecule has 0 aliphatic carbocycles. The molecule has 1 aliphatic rings. The van der Waals surface area contributed by atoms with Crippen LogP contribution in [0.15, 0.2) is 9.32 Å². The lowest BCUT2D eigenvalue weighted by molar-refractivity contribution is 0.0689. The Morgan fingerprint density at radius 2 is 2.05 bits per heavy atom. The van der Waals surface area contributed by atoms with Crippen molar-refractivity contribution in [2.24, 2.45) is 0 Å². The van der Waals surface area contributed by atoms with Gasteiger partial charge < -0.3 is 14.5 Å². The molecule has 2 aromatic heterocycles. The highest BCUT2D eigenvalue weighted by Crippen LogP contribution is 2.17. The van der Waals surface area contributed by atoms with E-state index in [1.807, 2.05) is 0 Å². The van der Waals surface area contributed by atoms with Gasteiger partial charge in [0.1, 0.15) is 5.76 Å². The standard InChI is InChI=1S/C13H16N4O4/c1-8-9-10(15-21-8)12(18)17(14-11(9)13(19)20)7-6-16-4-2-3-5-16/h2-7H2,1H3,(H,19,20). The zero-order valence-electron chi connectivity index (χ0n) is 11.7. The van der Waals surface area contributed by atoms with Gasteiger partial charge in [0.25, 0.3) is 5.56 Å². The van der Waals surface area contributed by atoms with E-state index in [1.54, 1.807) is 6.92 Å². The van der Waals surface area contributed by atoms with E-state index < -0.39 is 11.5 Å². The van der Waals surface area contributed by atoms with Crippen molar-refractivity contribution in [1.29, 1.82) is 0 Å². The monoisotopic (exact) mass is 292 g/mol. The van der Waals surface area contributed by atoms with E-state index >= 15 is 0 Å². The number of fused-ring (bicyclic) bond motifs is 1. The highest BCUT2D eigenvalue weighted by molar-refractivity contribution is 6.00. The van der Waals surface area contributed by atoms with Gasteiger partial charge in [0.05, 0.1) is 11.9 Å². The van der Waals surface area contributed by atoms with Crippen molar-refractivity contribution in [1.82, 2.24) is 19.8 Å². The maximum Gasteiger partial charge on any atom is 0.357 e. The molecule has 8 nitrogen and oxygen atoms in total. The summed E-state index contributed by atoms with van der Waals surface area (Å²) in [6.07, 6.45) is 2.31. The van der Waals surface area contributed by atoms with Gasteiger partial charge in [-0.05, 0) is 32.9 Å². The second-order valence-electron chi connectivity index (χ2n) is 5.19. The Bertz CT molecular complexity index is 742. The molecule has 1 saturated heterocycles. The number of carboxylic acid groups (broad SMARTS) is 1. The zero-order chi connectivity index (χ0) is 15.0. The third kappa shape index (κ3) is 2.42. The molecule has 0 amide bonds. The fraction of sp³-hybridized carbons (Fsp3) is 0.538. The van der Waals surface area contributed by atoms with E-state index in [2.05, 4.69) is 15.2 Å². The topological polar surface area (TPSA) is 101 Å². The van der Waals surface area contributed by atoms with Crippen LogP contribution in [0.25, 0.3) is 10.9 Å². The molecule has 112 valence electrons. The van der Waals surface area contributed by atoms with Crippen molar-refractivity contribution >= 4 is 16.9 Å². The lowest BCUT2D eigenvalue weighted by Gasteiger charge is -2.14. The first-order valence-electron chi connectivity index (χ1n) is 6.90. The van der Waals surface area contributed by atoms with Crippen LogP contribution in [0.3, 0.4) is 0 Å². The van der Waals surface area contributed by atoms with E-state index in [9.17, 15) is 14.7 Å². The molecule has 0 saturated carbocycles. The fourth-order valence-electron chi connectivity index (χ4n) is 2.68. The molecule has 0 aromatic carbocycles. The second-order valence-corrected chi connectivity index (χ2v) is 5.19. The van der Waals surface area contributed by atoms with Gasteiger partial charge in [-0.25, -0.2) is 9.48 Å². The molecule has 3 rings (SSSR count). The minimum atomic E-state index is -1.19. The summed E-state index contributed by atoms with van der Waals surface area (Å²) < 4.78 is 6.12. The first kappa shape index (κ1) is 13.7. The number of likely N-dealkylation sites (tertiary alicyclic amines) is 1. The van der Waals surface area contributed by atoms with Crippen molar-refractivity contribution in [3.8, 4) is 0 Å². The van der Waals surface area contributed by atoms with Crippen molar-refractivity contribution in [3.63, 3.8) is 0 Å². The molecule has 3 heterocycles. The number of carbonyl (C=O) groups is 1. The van der Waals surface area contributed by atoms with Gasteiger partial charge >= 0.3 is 5.97 Å². The summed E-state index contributed by atoms with van der Waals surface area (Å²) >= 11 is 0. The predicted molar refractivity (Wildman–Crippen MR) is 73.4 cm³/mol. The lowest BCUT2D eigenvalue weighted by atomic mass is 10.2. The Kier molecular flexibility index (Phi) is 3.46. The van der Waals surface area contributed by atoms with Crippen LogP contribution in [0.4, 0.5) is 0 Å². The Hall–Kier alpha value is -2.22. The van der Waals surface area contributed by atoms with Gasteiger partial charge in [-0.2, -0.15) is 5.10 Å². The lowest BCUT2D eigenvalue weighted by Crippen LogP contribution is -2.32. The van der Waals surface area contributed by atoms with Gasteiger partial charge in [0, 0.05) is 6.54 Å². The molecule has 1 aliphatic heterocycles. The SMILES string of the molecule is Cc1onc2c(=O)n(CCN3CCCC3)nc(C(=O)O)c12. The van der Waals surface area contributed by atoms with E-state index in [-0.39, 0.29) is 16.6 Å². The van der Waals surface area contributed by atoms with Crippen LogP contribution in [0.5, 0.6) is 0 Å². The molecule has 1 N–H and O–H groups in total. The van der Waals surface area contributed by atoms with Crippen molar-refractivity contribution in [2.75, 3.05) is 19.6 Å². The van der Waals surface area contributed by atoms with E-state index in [4.69, 9.17) is 4.52 Å². The molecule has 0 atom stereocenters. The fourth-order valence-corrected chi connectivity index (χ4v) is 2.68. The molecule has 21 heavy (non-hydrogen) atoms. The van der Waals surface area contributed by atoms with Gasteiger partial charge in [-0.3, -0.25) is 4.79 Å². The minimum Gasteiger partial charge on any atom is -0.476 e. The normalized spacial score (nSPS) is 15.9. The predicted octanol–water partition coefficient (Wildman–Crippen LogP) is 0.487. The molecule has 2 aromatic rings. The Morgan fingerprint density at radius 3 is 2.71 bits per heavy atom. The third-order valence-electron chi connectivity index (χ3n) is 3.79. The average molecular weight is 292 g/mol. The molecule has 0 radical (unpaired) electrons. The Balaban J connectivity index is 2.00. The zero-order valence-corrected chi connectivity index (χ0v) is 11.7. The molecular weight excluding hydrogens is 276 g/mol. The molecule has 1 fully saturated rings. The Morgan fingerprint density at radius 1 is 1.33 bits per heavy atom. The number of aromatic carboxylic acids is 1. The van der Waals surface area contributed by atoms with Crippen LogP contribution in [0.2, 0.25) is 0 Å². The molecule has 0 unspecified atom stereocenters. The van der Waals surface area contributed by atoms with Gasteiger partial charge in [-0.1, -0.05) is 5.16 Å². The number of rotatable bonds is 4. The van der Waals surface area contributed by atoms with Gasteiger partial charge in [0.2, 0.25) is 0 Å². The summed E-state index contributed by atoms with van der Waals surface area (Å²) in [6.45, 7) is 4.60. The van der Waals surface area contributed by atoms with Crippen molar-refractivity contribution in [2.45, 2.75) is 26.3 Å². The smallest absolute Gasteiger partial charge is 0.357 e. The first-order valence-corrected chi connectivity index (χ1v) is 6.90. The number of nitrogens with zero attached hydrogens (tertiary/aromatic N) is 4. The number of carboxylic acids is 1. The van der Waals surface area contributed by atoms with E-state index in [0.29, 0.717) is 18.8 Å². The second kappa shape index (κ2) is 5.28. The van der Waals surface area contributed by atoms with Crippen LogP contribution in [0, 0.1) is 6.92 Å². The average Bonchev–Trinajstić information content (AvgIpc) is 3.08. The number of hydrogen-bond donors (Lipinski definition) is 1. The summed E-state index contributed by atoms with van der Waals surface area (Å²) in [5.74, 6) is -0.903. The highest BCUT2D eigenvalue weighted by atomic mass is 16.5. The number of aryl methyl sites for hydroxylation is 1. The van der Waals surface area contributed by atoms with E-state index in [1.165, 1.54) is 4.68 Å². The summed E-state index contributed by atoms with van der Waals surface area (Å²) in [6, 6.07) is 0. The van der Waals surface area contributed by atoms with Crippen LogP contribution >= 0.6 is 0 Å². The summed E-state index contributed by atoms with van der Waals surface area (Å²) in [5, 5.41) is 17.1. The Labute approximate surface area is 119 Å². The quantitative estimate of drug-likeness (QED) is 0.874. The largest absolute Gasteiger partial charge is 0.476 e. The van der Waals surface area contributed by atoms with Crippen LogP contribution in [0.1, 0.15) is 29.1 Å². The van der Waals surface area contributed by atoms with Crippen LogP contribution < -0.4 is 5.56 Å². The summed E-state index contributed by atoms with van der Waals surface area (Å²) in [7, 11) is 0. The maximum atomic E-state index is 12.3. The highest BCUT2D eigenvalue weighted by Gasteiger charge is 2.22. The summed E-state index contributed by atoms with van der Waals surface area (Å²) in [5.41, 5.74) is -0.572. The molecule has 0 spiro atoms. The molecule has 0 bridgehead atoms. The van der Waals surface area contributed by atoms with Crippen molar-refractivity contribution in [3.05, 3.63) is 21.8 Å². The molecule has 8 heteroatoms. The van der Waals surface area contributed by atoms with Crippen LogP contribution in [-0.2, 0) is 6.54 Å². The minimum absolute atomic E-state index is 0.0290. The number of hydrogen-bond acceptors (Lipinski definition) is 6. The third-order valence-corrected chi connectivity index (χ3v) is 3.79. The van der Waals surface area contributed by atoms with Crippen molar-refractivity contribution < 1.29 is 14.4 Å². The summed E-state index contributed by atoms with van der Waals surface area (Å²) in [4.78, 5) is 25.8. The molecular formula is C13H16N4O4. The van der Waals surface area contributed by atoms with Gasteiger partial charge in [0.15, 0.2) is 11.2 Å². The number of aromatic nitrogens is 3. The van der Waals surface area contributed by atoms with Gasteiger partial charge in [-0.15, -0.1) is 0 Å². The maximum absolute atomic E-state index is 12.3. The first-order chi connectivity index (χ1) is 10.1. The van der Waals surface area contributed by atoms with E-state index in [0.717, 1.165) is 25.9 Å².